The van der Waals surface area contributed by atoms with E-state index in [1.165, 1.54) is 11.8 Å². The Bertz CT molecular complexity index is 371. The molecule has 0 amide bonds. The van der Waals surface area contributed by atoms with Gasteiger partial charge in [-0.2, -0.15) is 4.73 Å². The van der Waals surface area contributed by atoms with E-state index >= 15 is 0 Å². The average molecular weight is 226 g/mol. The normalized spacial score (nSPS) is 14.3. The second-order valence-electron chi connectivity index (χ2n) is 2.90. The highest BCUT2D eigenvalue weighted by Crippen LogP contribution is 2.30. The van der Waals surface area contributed by atoms with Gasteiger partial charge in [0.1, 0.15) is 0 Å². The van der Waals surface area contributed by atoms with Crippen LogP contribution in [0.5, 0.6) is 0 Å². The van der Waals surface area contributed by atoms with Crippen molar-refractivity contribution in [2.24, 2.45) is 0 Å². The summed E-state index contributed by atoms with van der Waals surface area (Å²) in [6, 6.07) is 1.79. The lowest BCUT2D eigenvalue weighted by Crippen LogP contribution is -2.31. The first-order valence-electron chi connectivity index (χ1n) is 3.78. The van der Waals surface area contributed by atoms with Crippen LogP contribution in [-0.2, 0) is 6.42 Å². The van der Waals surface area contributed by atoms with Crippen molar-refractivity contribution in [3.05, 3.63) is 39.3 Å². The smallest absolute Gasteiger partial charge is 0.205 e. The van der Waals surface area contributed by atoms with Crippen molar-refractivity contribution in [1.29, 1.82) is 0 Å². The summed E-state index contributed by atoms with van der Waals surface area (Å²) in [6.07, 6.45) is 4.36. The maximum absolute atomic E-state index is 11.3. The number of hydrogen-bond acceptors (Lipinski definition) is 1. The SMILES string of the molecule is CC1=CCc2c1c(Br)cc[n+]2[O-]. The summed E-state index contributed by atoms with van der Waals surface area (Å²) in [5.74, 6) is 0. The highest BCUT2D eigenvalue weighted by molar-refractivity contribution is 9.10. The zero-order valence-corrected chi connectivity index (χ0v) is 8.26. The van der Waals surface area contributed by atoms with Crippen molar-refractivity contribution in [2.75, 3.05) is 0 Å². The molecule has 0 saturated heterocycles. The molecule has 0 bridgehead atoms. The average Bonchev–Trinajstić information content (AvgIpc) is 2.42. The number of hydrogen-bond donors (Lipinski definition) is 0. The van der Waals surface area contributed by atoms with Gasteiger partial charge in [0, 0.05) is 10.5 Å². The molecule has 1 aliphatic rings. The van der Waals surface area contributed by atoms with Crippen LogP contribution in [0.25, 0.3) is 5.57 Å². The Kier molecular flexibility index (Phi) is 1.68. The minimum absolute atomic E-state index is 0.754. The molecule has 0 atom stereocenters. The highest BCUT2D eigenvalue weighted by Gasteiger charge is 2.21. The van der Waals surface area contributed by atoms with Gasteiger partial charge >= 0.3 is 0 Å². The zero-order valence-electron chi connectivity index (χ0n) is 6.67. The lowest BCUT2D eigenvalue weighted by molar-refractivity contribution is -0.613. The Labute approximate surface area is 79.2 Å². The molecular weight excluding hydrogens is 218 g/mol. The van der Waals surface area contributed by atoms with E-state index in [0.29, 0.717) is 0 Å². The van der Waals surface area contributed by atoms with E-state index in [2.05, 4.69) is 22.0 Å². The number of rotatable bonds is 0. The molecule has 12 heavy (non-hydrogen) atoms. The molecule has 0 unspecified atom stereocenters. The molecule has 0 spiro atoms. The molecule has 0 fully saturated rings. The topological polar surface area (TPSA) is 26.9 Å². The van der Waals surface area contributed by atoms with Crippen LogP contribution >= 0.6 is 15.9 Å². The number of pyridine rings is 1. The first kappa shape index (κ1) is 7.80. The molecular formula is C9H8BrNO. The fraction of sp³-hybridized carbons (Fsp3) is 0.222. The van der Waals surface area contributed by atoms with E-state index < -0.39 is 0 Å². The van der Waals surface area contributed by atoms with Gasteiger partial charge in [0.05, 0.1) is 12.0 Å². The van der Waals surface area contributed by atoms with Crippen LogP contribution in [-0.4, -0.2) is 0 Å². The maximum Gasteiger partial charge on any atom is 0.205 e. The number of allylic oxidation sites excluding steroid dienone is 2. The summed E-state index contributed by atoms with van der Waals surface area (Å²) in [4.78, 5) is 0. The Morgan fingerprint density at radius 3 is 3.00 bits per heavy atom. The molecule has 62 valence electrons. The molecule has 2 nitrogen and oxygen atoms in total. The van der Waals surface area contributed by atoms with E-state index in [1.807, 2.05) is 6.92 Å². The van der Waals surface area contributed by atoms with Crippen LogP contribution in [0.4, 0.5) is 0 Å². The molecule has 2 rings (SSSR count). The summed E-state index contributed by atoms with van der Waals surface area (Å²) >= 11 is 3.43. The number of aromatic nitrogens is 1. The summed E-state index contributed by atoms with van der Waals surface area (Å²) < 4.78 is 1.95. The highest BCUT2D eigenvalue weighted by atomic mass is 79.9. The Balaban J connectivity index is 2.71. The first-order chi connectivity index (χ1) is 5.70. The fourth-order valence-electron chi connectivity index (χ4n) is 1.51. The summed E-state index contributed by atoms with van der Waals surface area (Å²) in [7, 11) is 0. The number of nitrogens with zero attached hydrogens (tertiary/aromatic N) is 1. The Morgan fingerprint density at radius 2 is 2.33 bits per heavy atom. The largest absolute Gasteiger partial charge is 0.618 e. The van der Waals surface area contributed by atoms with Crippen molar-refractivity contribution < 1.29 is 4.73 Å². The third-order valence-electron chi connectivity index (χ3n) is 2.15. The molecule has 0 saturated carbocycles. The van der Waals surface area contributed by atoms with Gasteiger partial charge < -0.3 is 5.21 Å². The molecule has 1 aromatic heterocycles. The van der Waals surface area contributed by atoms with Gasteiger partial charge in [-0.3, -0.25) is 0 Å². The van der Waals surface area contributed by atoms with Crippen LogP contribution in [0.2, 0.25) is 0 Å². The number of halogens is 1. The van der Waals surface area contributed by atoms with Gasteiger partial charge in [-0.1, -0.05) is 6.08 Å². The zero-order chi connectivity index (χ0) is 8.72. The lowest BCUT2D eigenvalue weighted by atomic mass is 10.1. The Hall–Kier alpha value is -0.830. The van der Waals surface area contributed by atoms with E-state index in [-0.39, 0.29) is 0 Å². The molecule has 0 aromatic carbocycles. The van der Waals surface area contributed by atoms with Crippen LogP contribution < -0.4 is 4.73 Å². The predicted octanol–water partition coefficient (Wildman–Crippen LogP) is 2.04. The van der Waals surface area contributed by atoms with Crippen LogP contribution in [0.15, 0.2) is 22.8 Å². The summed E-state index contributed by atoms with van der Waals surface area (Å²) in [6.45, 7) is 2.02. The minimum atomic E-state index is 0.754. The summed E-state index contributed by atoms with van der Waals surface area (Å²) in [5, 5.41) is 11.3. The molecule has 3 heteroatoms. The predicted molar refractivity (Wildman–Crippen MR) is 50.5 cm³/mol. The van der Waals surface area contributed by atoms with E-state index in [9.17, 15) is 5.21 Å². The van der Waals surface area contributed by atoms with Gasteiger partial charge in [-0.05, 0) is 28.4 Å². The monoisotopic (exact) mass is 225 g/mol. The third-order valence-corrected chi connectivity index (χ3v) is 2.81. The minimum Gasteiger partial charge on any atom is -0.618 e. The Morgan fingerprint density at radius 1 is 1.58 bits per heavy atom. The van der Waals surface area contributed by atoms with Gasteiger partial charge in [0.25, 0.3) is 0 Å². The number of fused-ring (bicyclic) bond motifs is 1. The van der Waals surface area contributed by atoms with Gasteiger partial charge in [0.2, 0.25) is 5.69 Å². The molecule has 0 aliphatic heterocycles. The molecule has 0 N–H and O–H groups in total. The van der Waals surface area contributed by atoms with Crippen LogP contribution in [0, 0.1) is 5.21 Å². The van der Waals surface area contributed by atoms with Gasteiger partial charge in [-0.15, -0.1) is 0 Å². The van der Waals surface area contributed by atoms with E-state index in [0.717, 1.165) is 26.9 Å². The van der Waals surface area contributed by atoms with Crippen molar-refractivity contribution in [1.82, 2.24) is 0 Å². The maximum atomic E-state index is 11.3. The van der Waals surface area contributed by atoms with Gasteiger partial charge in [0.15, 0.2) is 6.20 Å². The second-order valence-corrected chi connectivity index (χ2v) is 3.76. The molecule has 1 aromatic rings. The summed E-state index contributed by atoms with van der Waals surface area (Å²) in [5.41, 5.74) is 3.09. The molecule has 0 radical (unpaired) electrons. The molecule has 1 aliphatic carbocycles. The second kappa shape index (κ2) is 2.59. The van der Waals surface area contributed by atoms with Crippen molar-refractivity contribution in [3.63, 3.8) is 0 Å². The molecule has 1 heterocycles. The van der Waals surface area contributed by atoms with E-state index in [4.69, 9.17) is 0 Å². The fourth-order valence-corrected chi connectivity index (χ4v) is 2.17. The lowest BCUT2D eigenvalue weighted by Gasteiger charge is -2.04. The van der Waals surface area contributed by atoms with Crippen molar-refractivity contribution in [3.8, 4) is 0 Å². The van der Waals surface area contributed by atoms with E-state index in [1.54, 1.807) is 6.07 Å². The van der Waals surface area contributed by atoms with Crippen LogP contribution in [0.1, 0.15) is 18.2 Å². The van der Waals surface area contributed by atoms with Gasteiger partial charge in [-0.25, -0.2) is 0 Å². The standard InChI is InChI=1S/C9H8BrNO/c1-6-2-3-8-9(6)7(10)4-5-11(8)12/h2,4-5H,3H2,1H3. The van der Waals surface area contributed by atoms with Crippen molar-refractivity contribution in [2.45, 2.75) is 13.3 Å². The van der Waals surface area contributed by atoms with Crippen molar-refractivity contribution >= 4 is 21.5 Å². The first-order valence-corrected chi connectivity index (χ1v) is 4.57. The van der Waals surface area contributed by atoms with Crippen LogP contribution in [0.3, 0.4) is 0 Å². The third kappa shape index (κ3) is 0.966. The quantitative estimate of drug-likeness (QED) is 0.491.